The summed E-state index contributed by atoms with van der Waals surface area (Å²) in [7, 11) is 0.112. The van der Waals surface area contributed by atoms with Crippen LogP contribution in [0.5, 0.6) is 11.5 Å². The van der Waals surface area contributed by atoms with Crippen molar-refractivity contribution in [1.82, 2.24) is 19.5 Å². The van der Waals surface area contributed by atoms with Crippen LogP contribution < -0.4 is 26.0 Å². The van der Waals surface area contributed by atoms with Crippen molar-refractivity contribution < 1.29 is 42.7 Å². The lowest BCUT2D eigenvalue weighted by atomic mass is 9.80. The molecule has 2 heterocycles. The zero-order valence-corrected chi connectivity index (χ0v) is 37.3. The minimum absolute atomic E-state index is 0.125. The number of aromatic nitrogens is 2. The molecule has 1 aliphatic heterocycles. The molecule has 1 aliphatic rings. The lowest BCUT2D eigenvalue weighted by Gasteiger charge is -2.45. The second kappa shape index (κ2) is 19.2. The molecule has 61 heavy (non-hydrogen) atoms. The molecule has 1 amide bonds. The normalized spacial score (nSPS) is 19.0. The van der Waals surface area contributed by atoms with Crippen LogP contribution >= 0.6 is 7.52 Å². The van der Waals surface area contributed by atoms with Crippen LogP contribution in [-0.2, 0) is 28.9 Å². The number of hydrogen-bond donors (Lipinski definition) is 3. The molecule has 1 unspecified atom stereocenters. The fraction of sp³-hybridized carbons (Fsp3) is 0.444. The van der Waals surface area contributed by atoms with E-state index in [0.717, 1.165) is 10.1 Å². The van der Waals surface area contributed by atoms with Gasteiger partial charge in [-0.25, -0.2) is 14.3 Å². The maximum atomic E-state index is 15.6. The van der Waals surface area contributed by atoms with Gasteiger partial charge in [0.15, 0.2) is 5.34 Å². The van der Waals surface area contributed by atoms with Crippen LogP contribution in [0.3, 0.4) is 0 Å². The van der Waals surface area contributed by atoms with Crippen molar-refractivity contribution >= 4 is 13.6 Å². The molecular formula is C45H57N4O11P. The summed E-state index contributed by atoms with van der Waals surface area (Å²) in [6.45, 7) is 12.0. The Morgan fingerprint density at radius 2 is 1.48 bits per heavy atom. The largest absolute Gasteiger partial charge is 0.497 e. The highest BCUT2D eigenvalue weighted by Gasteiger charge is 2.64. The molecule has 3 aromatic carbocycles. The fourth-order valence-corrected chi connectivity index (χ4v) is 10.7. The Balaban J connectivity index is 1.64. The molecule has 5 rings (SSSR count). The van der Waals surface area contributed by atoms with E-state index in [1.807, 2.05) is 107 Å². The van der Waals surface area contributed by atoms with Crippen LogP contribution in [0.15, 0.2) is 94.6 Å². The number of H-pyrrole nitrogens is 1. The highest BCUT2D eigenvalue weighted by Crippen LogP contribution is 2.68. The van der Waals surface area contributed by atoms with Gasteiger partial charge in [0, 0.05) is 31.8 Å². The molecule has 0 saturated carbocycles. The molecule has 4 aromatic rings. The fourth-order valence-electron chi connectivity index (χ4n) is 7.66. The van der Waals surface area contributed by atoms with Crippen LogP contribution in [0.1, 0.15) is 83.4 Å². The Morgan fingerprint density at radius 3 is 1.97 bits per heavy atom. The number of carbonyl (C=O) groups excluding carboxylic acids is 1. The lowest BCUT2D eigenvalue weighted by molar-refractivity contribution is -0.106. The van der Waals surface area contributed by atoms with Gasteiger partial charge in [-0.15, -0.1) is 0 Å². The van der Waals surface area contributed by atoms with E-state index in [1.54, 1.807) is 39.7 Å². The molecular weight excluding hydrogens is 803 g/mol. The van der Waals surface area contributed by atoms with E-state index >= 15 is 4.57 Å². The third kappa shape index (κ3) is 9.97. The standard InChI is InChI=1S/C45H57N4O11P/c1-30(2)49(31(3)4)61(54,57-10)44(53)27-39(48-28-32(40(50)47-41(48)51)15-14-26-46-42(52)60-43(5,6)7)59-38(44)29-58-45(33-16-12-11-13-17-33,34-18-22-36(55-8)23-19-34)35-20-24-37(56-9)25-21-35/h11-13,16-25,28,30-31,38-39,53H,26-27,29H2,1-10H3,(H,46,52)(H,47,50,51)/t38-,39-,44-,61?/m1/s1. The number of carbonyl (C=O) groups is 1. The molecule has 3 N–H and O–H groups in total. The van der Waals surface area contributed by atoms with Crippen molar-refractivity contribution in [3.8, 4) is 23.3 Å². The van der Waals surface area contributed by atoms with E-state index in [0.29, 0.717) is 22.6 Å². The first kappa shape index (κ1) is 46.9. The molecule has 0 aliphatic carbocycles. The van der Waals surface area contributed by atoms with E-state index in [1.165, 1.54) is 13.3 Å². The van der Waals surface area contributed by atoms with E-state index < -0.39 is 60.2 Å². The zero-order valence-electron chi connectivity index (χ0n) is 36.4. The van der Waals surface area contributed by atoms with Gasteiger partial charge in [-0.05, 0) is 89.4 Å². The molecule has 0 radical (unpaired) electrons. The summed E-state index contributed by atoms with van der Waals surface area (Å²) < 4.78 is 54.1. The molecule has 0 bridgehead atoms. The van der Waals surface area contributed by atoms with Crippen molar-refractivity contribution in [2.75, 3.05) is 34.5 Å². The van der Waals surface area contributed by atoms with Gasteiger partial charge in [0.2, 0.25) is 0 Å². The minimum Gasteiger partial charge on any atom is -0.497 e. The Labute approximate surface area is 356 Å². The second-order valence-corrected chi connectivity index (χ2v) is 18.8. The van der Waals surface area contributed by atoms with Crippen LogP contribution in [0.25, 0.3) is 0 Å². The zero-order chi connectivity index (χ0) is 44.8. The van der Waals surface area contributed by atoms with Crippen molar-refractivity contribution in [3.05, 3.63) is 128 Å². The van der Waals surface area contributed by atoms with Gasteiger partial charge in [-0.3, -0.25) is 18.9 Å². The molecule has 1 saturated heterocycles. The number of methoxy groups -OCH3 is 2. The highest BCUT2D eigenvalue weighted by molar-refractivity contribution is 7.58. The summed E-state index contributed by atoms with van der Waals surface area (Å²) in [6.07, 6.45) is -2.58. The van der Waals surface area contributed by atoms with Crippen LogP contribution in [0.2, 0.25) is 0 Å². The quantitative estimate of drug-likeness (QED) is 0.0684. The van der Waals surface area contributed by atoms with Crippen molar-refractivity contribution in [2.45, 2.75) is 95.8 Å². The summed E-state index contributed by atoms with van der Waals surface area (Å²) >= 11 is 0. The number of nitrogens with one attached hydrogen (secondary N) is 2. The van der Waals surface area contributed by atoms with Gasteiger partial charge in [-0.2, -0.15) is 0 Å². The molecule has 1 fully saturated rings. The summed E-state index contributed by atoms with van der Waals surface area (Å²) in [5.74, 6) is 6.63. The predicted octanol–water partition coefficient (Wildman–Crippen LogP) is 6.37. The van der Waals surface area contributed by atoms with Crippen molar-refractivity contribution in [3.63, 3.8) is 0 Å². The van der Waals surface area contributed by atoms with Crippen LogP contribution in [0, 0.1) is 11.8 Å². The van der Waals surface area contributed by atoms with E-state index in [-0.39, 0.29) is 30.8 Å². The summed E-state index contributed by atoms with van der Waals surface area (Å²) in [5.41, 5.74) is -1.72. The average molecular weight is 861 g/mol. The van der Waals surface area contributed by atoms with Gasteiger partial charge in [0.1, 0.15) is 40.6 Å². The topological polar surface area (TPSA) is 180 Å². The second-order valence-electron chi connectivity index (χ2n) is 16.1. The molecule has 0 spiro atoms. The Hall–Kier alpha value is -5.20. The predicted molar refractivity (Wildman–Crippen MR) is 231 cm³/mol. The molecule has 15 nitrogen and oxygen atoms in total. The lowest BCUT2D eigenvalue weighted by Crippen LogP contribution is -2.50. The van der Waals surface area contributed by atoms with E-state index in [9.17, 15) is 19.5 Å². The molecule has 1 aromatic heterocycles. The van der Waals surface area contributed by atoms with E-state index in [4.69, 9.17) is 28.2 Å². The molecule has 16 heteroatoms. The Bertz CT molecular complexity index is 2290. The third-order valence-corrected chi connectivity index (χ3v) is 13.7. The molecule has 328 valence electrons. The SMILES string of the molecule is COc1ccc(C(OC[C@H]2O[C@@H](n3cc(C#CCNC(=O)OC(C)(C)C)c(=O)[nH]c3=O)C[C@@]2(O)P(=O)(OC)N(C(C)C)C(C)C)(c2ccccc2)c2ccc(OC)cc2)cc1. The van der Waals surface area contributed by atoms with Gasteiger partial charge in [0.25, 0.3) is 5.56 Å². The van der Waals surface area contributed by atoms with Gasteiger partial charge >= 0.3 is 19.3 Å². The Kier molecular flexibility index (Phi) is 14.8. The highest BCUT2D eigenvalue weighted by atomic mass is 31.2. The number of aromatic amines is 1. The first-order valence-electron chi connectivity index (χ1n) is 20.0. The van der Waals surface area contributed by atoms with Gasteiger partial charge in [0.05, 0.1) is 27.4 Å². The average Bonchev–Trinajstić information content (AvgIpc) is 3.57. The monoisotopic (exact) mass is 860 g/mol. The summed E-state index contributed by atoms with van der Waals surface area (Å²) in [5, 5.41) is 13.3. The maximum absolute atomic E-state index is 15.6. The first-order valence-corrected chi connectivity index (χ1v) is 21.5. The van der Waals surface area contributed by atoms with E-state index in [2.05, 4.69) is 22.1 Å². The summed E-state index contributed by atoms with van der Waals surface area (Å²) in [6, 6.07) is 23.5. The minimum atomic E-state index is -4.31. The number of amides is 1. The number of alkyl carbamates (subject to hydrolysis) is 1. The van der Waals surface area contributed by atoms with Crippen molar-refractivity contribution in [1.29, 1.82) is 0 Å². The smallest absolute Gasteiger partial charge is 0.408 e. The van der Waals surface area contributed by atoms with Gasteiger partial charge in [-0.1, -0.05) is 66.4 Å². The Morgan fingerprint density at radius 1 is 0.934 bits per heavy atom. The molecule has 4 atom stereocenters. The number of nitrogens with zero attached hydrogens (tertiary/aromatic N) is 2. The summed E-state index contributed by atoms with van der Waals surface area (Å²) in [4.78, 5) is 40.9. The number of benzene rings is 3. The maximum Gasteiger partial charge on any atom is 0.408 e. The first-order chi connectivity index (χ1) is 28.8. The third-order valence-electron chi connectivity index (χ3n) is 10.3. The number of hydrogen-bond acceptors (Lipinski definition) is 11. The van der Waals surface area contributed by atoms with Gasteiger partial charge < -0.3 is 38.6 Å². The number of rotatable bonds is 15. The van der Waals surface area contributed by atoms with Crippen molar-refractivity contribution in [2.24, 2.45) is 0 Å². The van der Waals surface area contributed by atoms with Crippen LogP contribution in [0.4, 0.5) is 4.79 Å². The number of ether oxygens (including phenoxy) is 5. The van der Waals surface area contributed by atoms with Crippen LogP contribution in [-0.4, -0.2) is 89.0 Å². The number of aliphatic hydroxyl groups is 1.